The normalized spacial score (nSPS) is 12.5. The maximum Gasteiger partial charge on any atom is 0.416 e. The molecule has 0 unspecified atom stereocenters. The Morgan fingerprint density at radius 3 is 1.76 bits per heavy atom. The molecule has 0 fully saturated rings. The molecule has 0 aliphatic rings. The van der Waals surface area contributed by atoms with Gasteiger partial charge in [0.05, 0.1) is 16.0 Å². The van der Waals surface area contributed by atoms with Crippen LogP contribution < -0.4 is 0 Å². The Kier molecular flexibility index (Phi) is 3.83. The highest BCUT2D eigenvalue weighted by atomic mass is 32.1. The Morgan fingerprint density at radius 1 is 0.857 bits per heavy atom. The van der Waals surface area contributed by atoms with E-state index in [-0.39, 0.29) is 21.4 Å². The third kappa shape index (κ3) is 3.44. The third-order valence-corrected chi connectivity index (χ3v) is 3.67. The summed E-state index contributed by atoms with van der Waals surface area (Å²) >= 11 is 0.822. The Balaban J connectivity index is 2.62. The highest BCUT2D eigenvalue weighted by Crippen LogP contribution is 2.39. The molecule has 0 radical (unpaired) electrons. The zero-order chi connectivity index (χ0) is 15.8. The van der Waals surface area contributed by atoms with E-state index in [0.29, 0.717) is 18.4 Å². The summed E-state index contributed by atoms with van der Waals surface area (Å²) in [5, 5.41) is 0. The molecule has 0 saturated heterocycles. The van der Waals surface area contributed by atoms with Crippen molar-refractivity contribution in [2.75, 3.05) is 0 Å². The van der Waals surface area contributed by atoms with Crippen molar-refractivity contribution in [1.82, 2.24) is 0 Å². The van der Waals surface area contributed by atoms with Gasteiger partial charge in [-0.2, -0.15) is 26.3 Å². The predicted molar refractivity (Wildman–Crippen MR) is 65.1 cm³/mol. The average molecular weight is 324 g/mol. The molecule has 0 amide bonds. The fourth-order valence-electron chi connectivity index (χ4n) is 1.67. The lowest BCUT2D eigenvalue weighted by Crippen LogP contribution is -2.10. The van der Waals surface area contributed by atoms with Gasteiger partial charge in [0.25, 0.3) is 0 Å². The molecule has 8 heteroatoms. The maximum atomic E-state index is 12.7. The highest BCUT2D eigenvalue weighted by Gasteiger charge is 2.37. The van der Waals surface area contributed by atoms with E-state index >= 15 is 0 Å². The average Bonchev–Trinajstić information content (AvgIpc) is 2.85. The van der Waals surface area contributed by atoms with Crippen LogP contribution in [0.4, 0.5) is 26.3 Å². The van der Waals surface area contributed by atoms with Crippen LogP contribution in [0.25, 0.3) is 10.4 Å². The number of carbonyl (C=O) groups excluding carboxylic acids is 1. The number of aldehydes is 1. The summed E-state index contributed by atoms with van der Waals surface area (Å²) in [4.78, 5) is 10.9. The van der Waals surface area contributed by atoms with Crippen LogP contribution in [-0.2, 0) is 12.4 Å². The molecule has 2 rings (SSSR count). The largest absolute Gasteiger partial charge is 0.416 e. The number of benzene rings is 1. The van der Waals surface area contributed by atoms with Crippen molar-refractivity contribution < 1.29 is 31.1 Å². The summed E-state index contributed by atoms with van der Waals surface area (Å²) in [6, 6.07) is 3.98. The first-order valence-electron chi connectivity index (χ1n) is 5.46. The molecule has 0 aliphatic carbocycles. The van der Waals surface area contributed by atoms with E-state index in [4.69, 9.17) is 0 Å². The summed E-state index contributed by atoms with van der Waals surface area (Å²) in [5.74, 6) is 0. The fourth-order valence-corrected chi connectivity index (χ4v) is 2.48. The molecule has 1 aromatic carbocycles. The molecular weight excluding hydrogens is 318 g/mol. The SMILES string of the molecule is O=Cc1ccc(-c2cc(C(F)(F)F)cc(C(F)(F)F)c2)s1. The smallest absolute Gasteiger partial charge is 0.297 e. The standard InChI is InChI=1S/C13H6F6OS/c14-12(15,16)8-3-7(4-9(5-8)13(17,18)19)11-2-1-10(6-20)21-11/h1-6H. The third-order valence-electron chi connectivity index (χ3n) is 2.62. The van der Waals surface area contributed by atoms with Crippen LogP contribution in [0.3, 0.4) is 0 Å². The fraction of sp³-hybridized carbons (Fsp3) is 0.154. The summed E-state index contributed by atoms with van der Waals surface area (Å²) in [7, 11) is 0. The molecule has 1 heterocycles. The van der Waals surface area contributed by atoms with Gasteiger partial charge in [-0.3, -0.25) is 4.79 Å². The molecule has 21 heavy (non-hydrogen) atoms. The van der Waals surface area contributed by atoms with Gasteiger partial charge in [-0.05, 0) is 35.9 Å². The Labute approximate surface area is 118 Å². The van der Waals surface area contributed by atoms with Crippen LogP contribution in [0.15, 0.2) is 30.3 Å². The van der Waals surface area contributed by atoms with Crippen LogP contribution in [0, 0.1) is 0 Å². The second kappa shape index (κ2) is 5.18. The van der Waals surface area contributed by atoms with Crippen LogP contribution in [-0.4, -0.2) is 6.29 Å². The first kappa shape index (κ1) is 15.6. The molecule has 0 saturated carbocycles. The Bertz CT molecular complexity index is 636. The van der Waals surface area contributed by atoms with Gasteiger partial charge >= 0.3 is 12.4 Å². The molecular formula is C13H6F6OS. The summed E-state index contributed by atoms with van der Waals surface area (Å²) in [6.45, 7) is 0. The minimum atomic E-state index is -4.89. The second-order valence-electron chi connectivity index (χ2n) is 4.11. The van der Waals surface area contributed by atoms with Crippen LogP contribution in [0.2, 0.25) is 0 Å². The molecule has 2 aromatic rings. The predicted octanol–water partition coefficient (Wildman–Crippen LogP) is 5.27. The van der Waals surface area contributed by atoms with Crippen LogP contribution in [0.5, 0.6) is 0 Å². The Hall–Kier alpha value is -1.83. The minimum absolute atomic E-state index is 0.0672. The quantitative estimate of drug-likeness (QED) is 0.543. The molecule has 1 aromatic heterocycles. The number of rotatable bonds is 2. The van der Waals surface area contributed by atoms with E-state index in [1.807, 2.05) is 0 Å². The molecule has 1 nitrogen and oxygen atoms in total. The molecule has 0 spiro atoms. The van der Waals surface area contributed by atoms with E-state index in [0.717, 1.165) is 11.3 Å². The zero-order valence-corrected chi connectivity index (χ0v) is 10.9. The lowest BCUT2D eigenvalue weighted by atomic mass is 10.0. The molecule has 0 bridgehead atoms. The van der Waals surface area contributed by atoms with E-state index < -0.39 is 23.5 Å². The van der Waals surface area contributed by atoms with Crippen LogP contribution >= 0.6 is 11.3 Å². The maximum absolute atomic E-state index is 12.7. The van der Waals surface area contributed by atoms with Crippen molar-refractivity contribution >= 4 is 17.6 Å². The first-order valence-corrected chi connectivity index (χ1v) is 6.28. The van der Waals surface area contributed by atoms with Gasteiger partial charge in [0.2, 0.25) is 0 Å². The molecule has 0 aliphatic heterocycles. The number of hydrogen-bond donors (Lipinski definition) is 0. The van der Waals surface area contributed by atoms with Crippen molar-refractivity contribution in [2.24, 2.45) is 0 Å². The van der Waals surface area contributed by atoms with Crippen molar-refractivity contribution in [3.8, 4) is 10.4 Å². The lowest BCUT2D eigenvalue weighted by Gasteiger charge is -2.13. The van der Waals surface area contributed by atoms with E-state index in [9.17, 15) is 31.1 Å². The Morgan fingerprint density at radius 2 is 1.38 bits per heavy atom. The monoisotopic (exact) mass is 324 g/mol. The van der Waals surface area contributed by atoms with E-state index in [1.165, 1.54) is 12.1 Å². The number of halogens is 6. The van der Waals surface area contributed by atoms with Crippen molar-refractivity contribution in [3.63, 3.8) is 0 Å². The zero-order valence-electron chi connectivity index (χ0n) is 10.0. The van der Waals surface area contributed by atoms with Gasteiger partial charge in [0.15, 0.2) is 6.29 Å². The van der Waals surface area contributed by atoms with Crippen molar-refractivity contribution in [1.29, 1.82) is 0 Å². The van der Waals surface area contributed by atoms with Crippen molar-refractivity contribution in [3.05, 3.63) is 46.3 Å². The highest BCUT2D eigenvalue weighted by molar-refractivity contribution is 7.17. The first-order chi connectivity index (χ1) is 9.61. The van der Waals surface area contributed by atoms with Gasteiger partial charge in [-0.25, -0.2) is 0 Å². The summed E-state index contributed by atoms with van der Waals surface area (Å²) < 4.78 is 76.2. The number of thiophene rings is 1. The van der Waals surface area contributed by atoms with Gasteiger partial charge in [0.1, 0.15) is 0 Å². The summed E-state index contributed by atoms with van der Waals surface area (Å²) in [6.07, 6.45) is -9.30. The number of carbonyl (C=O) groups is 1. The van der Waals surface area contributed by atoms with Crippen molar-refractivity contribution in [2.45, 2.75) is 12.4 Å². The molecule has 0 atom stereocenters. The summed E-state index contributed by atoms with van der Waals surface area (Å²) in [5.41, 5.74) is -2.99. The lowest BCUT2D eigenvalue weighted by molar-refractivity contribution is -0.143. The number of alkyl halides is 6. The number of hydrogen-bond acceptors (Lipinski definition) is 2. The second-order valence-corrected chi connectivity index (χ2v) is 5.23. The van der Waals surface area contributed by atoms with Crippen LogP contribution in [0.1, 0.15) is 20.8 Å². The van der Waals surface area contributed by atoms with Gasteiger partial charge in [0, 0.05) is 4.88 Å². The topological polar surface area (TPSA) is 17.1 Å². The van der Waals surface area contributed by atoms with Gasteiger partial charge in [-0.15, -0.1) is 11.3 Å². The van der Waals surface area contributed by atoms with Gasteiger partial charge < -0.3 is 0 Å². The van der Waals surface area contributed by atoms with E-state index in [1.54, 1.807) is 0 Å². The van der Waals surface area contributed by atoms with Gasteiger partial charge in [-0.1, -0.05) is 0 Å². The minimum Gasteiger partial charge on any atom is -0.297 e. The van der Waals surface area contributed by atoms with E-state index in [2.05, 4.69) is 0 Å². The molecule has 0 N–H and O–H groups in total. The molecule has 112 valence electrons.